The number of halogens is 1. The molecule has 6 heteroatoms. The molecule has 0 aromatic carbocycles. The highest BCUT2D eigenvalue weighted by molar-refractivity contribution is 6.64. The van der Waals surface area contributed by atoms with Gasteiger partial charge in [0.05, 0.1) is 16.2 Å². The standard InChI is InChI=1S/C12H18BClN2O2/c1-11(2)12(3,4)18-13(17-11)9-6-8(14)7-16-10(9)15-5/h6-7H,1-5H3,(H,15,16). The minimum absolute atomic E-state index is 0.370. The van der Waals surface area contributed by atoms with Crippen molar-refractivity contribution in [1.82, 2.24) is 4.98 Å². The summed E-state index contributed by atoms with van der Waals surface area (Å²) in [6.45, 7) is 8.07. The van der Waals surface area contributed by atoms with Crippen LogP contribution in [0.2, 0.25) is 5.02 Å². The van der Waals surface area contributed by atoms with Gasteiger partial charge in [-0.05, 0) is 33.8 Å². The predicted octanol–water partition coefficient (Wildman–Crippen LogP) is 2.08. The minimum Gasteiger partial charge on any atom is -0.399 e. The lowest BCUT2D eigenvalue weighted by atomic mass is 9.79. The second kappa shape index (κ2) is 4.40. The van der Waals surface area contributed by atoms with E-state index in [1.54, 1.807) is 6.20 Å². The molecule has 0 unspecified atom stereocenters. The van der Waals surface area contributed by atoms with E-state index in [4.69, 9.17) is 20.9 Å². The molecule has 1 aliphatic rings. The molecular formula is C12H18BClN2O2. The average molecular weight is 269 g/mol. The van der Waals surface area contributed by atoms with E-state index in [0.717, 1.165) is 11.3 Å². The van der Waals surface area contributed by atoms with Crippen LogP contribution in [0.15, 0.2) is 12.3 Å². The van der Waals surface area contributed by atoms with Gasteiger partial charge in [-0.3, -0.25) is 0 Å². The van der Waals surface area contributed by atoms with Gasteiger partial charge in [-0.15, -0.1) is 0 Å². The molecule has 18 heavy (non-hydrogen) atoms. The van der Waals surface area contributed by atoms with Crippen LogP contribution in [0, 0.1) is 0 Å². The zero-order valence-electron chi connectivity index (χ0n) is 11.4. The van der Waals surface area contributed by atoms with Crippen molar-refractivity contribution in [2.45, 2.75) is 38.9 Å². The van der Waals surface area contributed by atoms with Gasteiger partial charge in [0.25, 0.3) is 0 Å². The molecule has 1 N–H and O–H groups in total. The Labute approximate surface area is 113 Å². The largest absolute Gasteiger partial charge is 0.498 e. The molecule has 1 fully saturated rings. The molecule has 0 saturated carbocycles. The topological polar surface area (TPSA) is 43.4 Å². The van der Waals surface area contributed by atoms with Crippen molar-refractivity contribution in [2.24, 2.45) is 0 Å². The van der Waals surface area contributed by atoms with Crippen molar-refractivity contribution in [2.75, 3.05) is 12.4 Å². The normalized spacial score (nSPS) is 21.1. The van der Waals surface area contributed by atoms with E-state index in [0.29, 0.717) is 5.02 Å². The molecule has 1 aromatic rings. The summed E-state index contributed by atoms with van der Waals surface area (Å²) in [6, 6.07) is 1.82. The first kappa shape index (κ1) is 13.7. The third-order valence-electron chi connectivity index (χ3n) is 3.63. The Hall–Kier alpha value is -0.775. The Bertz CT molecular complexity index is 449. The van der Waals surface area contributed by atoms with E-state index < -0.39 is 7.12 Å². The molecule has 0 aliphatic carbocycles. The molecule has 1 aromatic heterocycles. The first-order valence-electron chi connectivity index (χ1n) is 5.96. The van der Waals surface area contributed by atoms with Gasteiger partial charge >= 0.3 is 7.12 Å². The molecule has 0 amide bonds. The number of anilines is 1. The third kappa shape index (κ3) is 2.22. The van der Waals surface area contributed by atoms with Gasteiger partial charge in [-0.2, -0.15) is 0 Å². The van der Waals surface area contributed by atoms with Gasteiger partial charge in [-0.25, -0.2) is 4.98 Å². The summed E-state index contributed by atoms with van der Waals surface area (Å²) >= 11 is 5.99. The highest BCUT2D eigenvalue weighted by atomic mass is 35.5. The van der Waals surface area contributed by atoms with Crippen LogP contribution in [0.1, 0.15) is 27.7 Å². The second-order valence-electron chi connectivity index (χ2n) is 5.43. The van der Waals surface area contributed by atoms with Gasteiger partial charge in [0, 0.05) is 18.7 Å². The van der Waals surface area contributed by atoms with Crippen LogP contribution in [0.5, 0.6) is 0 Å². The first-order valence-corrected chi connectivity index (χ1v) is 6.33. The van der Waals surface area contributed by atoms with Gasteiger partial charge < -0.3 is 14.6 Å². The van der Waals surface area contributed by atoms with Crippen LogP contribution in [-0.2, 0) is 9.31 Å². The van der Waals surface area contributed by atoms with Crippen molar-refractivity contribution < 1.29 is 9.31 Å². The molecule has 0 atom stereocenters. The molecule has 2 heterocycles. The number of hydrogen-bond acceptors (Lipinski definition) is 4. The predicted molar refractivity (Wildman–Crippen MR) is 74.5 cm³/mol. The van der Waals surface area contributed by atoms with E-state index in [2.05, 4.69) is 10.3 Å². The first-order chi connectivity index (χ1) is 8.27. The fourth-order valence-electron chi connectivity index (χ4n) is 1.81. The third-order valence-corrected chi connectivity index (χ3v) is 3.83. The van der Waals surface area contributed by atoms with Crippen LogP contribution in [0.4, 0.5) is 5.82 Å². The molecule has 1 aliphatic heterocycles. The lowest BCUT2D eigenvalue weighted by molar-refractivity contribution is 0.00578. The summed E-state index contributed by atoms with van der Waals surface area (Å²) in [7, 11) is 1.36. The van der Waals surface area contributed by atoms with Gasteiger partial charge in [-0.1, -0.05) is 11.6 Å². The number of rotatable bonds is 2. The zero-order valence-corrected chi connectivity index (χ0v) is 12.1. The fraction of sp³-hybridized carbons (Fsp3) is 0.583. The summed E-state index contributed by atoms with van der Waals surface area (Å²) in [5.74, 6) is 0.720. The summed E-state index contributed by atoms with van der Waals surface area (Å²) in [4.78, 5) is 4.23. The highest BCUT2D eigenvalue weighted by Gasteiger charge is 2.52. The van der Waals surface area contributed by atoms with Crippen LogP contribution < -0.4 is 10.8 Å². The highest BCUT2D eigenvalue weighted by Crippen LogP contribution is 2.36. The lowest BCUT2D eigenvalue weighted by Crippen LogP contribution is -2.41. The van der Waals surface area contributed by atoms with Crippen molar-refractivity contribution in [3.63, 3.8) is 0 Å². The van der Waals surface area contributed by atoms with Crippen LogP contribution >= 0.6 is 11.6 Å². The number of aromatic nitrogens is 1. The Morgan fingerprint density at radius 2 is 1.78 bits per heavy atom. The fourth-order valence-corrected chi connectivity index (χ4v) is 1.98. The van der Waals surface area contributed by atoms with E-state index in [-0.39, 0.29) is 11.2 Å². The molecule has 4 nitrogen and oxygen atoms in total. The van der Waals surface area contributed by atoms with Crippen molar-refractivity contribution >= 4 is 30.0 Å². The minimum atomic E-state index is -0.455. The van der Waals surface area contributed by atoms with E-state index in [1.807, 2.05) is 40.8 Å². The van der Waals surface area contributed by atoms with E-state index in [9.17, 15) is 0 Å². The van der Waals surface area contributed by atoms with Crippen LogP contribution in [-0.4, -0.2) is 30.4 Å². The monoisotopic (exact) mass is 268 g/mol. The van der Waals surface area contributed by atoms with Crippen molar-refractivity contribution in [1.29, 1.82) is 0 Å². The SMILES string of the molecule is CNc1ncc(Cl)cc1B1OC(C)(C)C(C)(C)O1. The van der Waals surface area contributed by atoms with E-state index in [1.165, 1.54) is 0 Å². The molecule has 0 spiro atoms. The quantitative estimate of drug-likeness (QED) is 0.834. The zero-order chi connectivity index (χ0) is 13.6. The number of pyridine rings is 1. The number of nitrogens with one attached hydrogen (secondary N) is 1. The van der Waals surface area contributed by atoms with E-state index >= 15 is 0 Å². The summed E-state index contributed by atoms with van der Waals surface area (Å²) < 4.78 is 12.0. The van der Waals surface area contributed by atoms with Crippen molar-refractivity contribution in [3.8, 4) is 0 Å². The molecule has 0 bridgehead atoms. The van der Waals surface area contributed by atoms with Gasteiger partial charge in [0.15, 0.2) is 0 Å². The van der Waals surface area contributed by atoms with Crippen LogP contribution in [0.25, 0.3) is 0 Å². The maximum atomic E-state index is 5.99. The second-order valence-corrected chi connectivity index (χ2v) is 5.87. The molecular weight excluding hydrogens is 250 g/mol. The molecule has 1 saturated heterocycles. The van der Waals surface area contributed by atoms with Gasteiger partial charge in [0.1, 0.15) is 5.82 Å². The Morgan fingerprint density at radius 1 is 1.22 bits per heavy atom. The smallest absolute Gasteiger partial charge is 0.399 e. The Morgan fingerprint density at radius 3 is 2.28 bits per heavy atom. The number of nitrogens with zero attached hydrogens (tertiary/aromatic N) is 1. The Balaban J connectivity index is 2.37. The summed E-state index contributed by atoms with van der Waals surface area (Å²) in [5.41, 5.74) is 0.0827. The summed E-state index contributed by atoms with van der Waals surface area (Å²) in [5, 5.41) is 3.59. The molecule has 98 valence electrons. The maximum Gasteiger partial charge on any atom is 0.498 e. The summed E-state index contributed by atoms with van der Waals surface area (Å²) in [6.07, 6.45) is 1.60. The lowest BCUT2D eigenvalue weighted by Gasteiger charge is -2.32. The number of hydrogen-bond donors (Lipinski definition) is 1. The average Bonchev–Trinajstić information content (AvgIpc) is 2.48. The van der Waals surface area contributed by atoms with Crippen molar-refractivity contribution in [3.05, 3.63) is 17.3 Å². The van der Waals surface area contributed by atoms with Gasteiger partial charge in [0.2, 0.25) is 0 Å². The Kier molecular flexibility index (Phi) is 3.34. The molecule has 0 radical (unpaired) electrons. The maximum absolute atomic E-state index is 5.99. The van der Waals surface area contributed by atoms with Crippen LogP contribution in [0.3, 0.4) is 0 Å². The molecule has 2 rings (SSSR count).